The monoisotopic (exact) mass is 239 g/mol. The molecule has 1 saturated carbocycles. The Balaban J connectivity index is 2.07. The lowest BCUT2D eigenvalue weighted by Gasteiger charge is -2.30. The highest BCUT2D eigenvalue weighted by molar-refractivity contribution is 6.29. The van der Waals surface area contributed by atoms with Crippen LogP contribution in [0.5, 0.6) is 0 Å². The number of hydrogen-bond donors (Lipinski definition) is 2. The molecule has 0 amide bonds. The van der Waals surface area contributed by atoms with Gasteiger partial charge in [0.15, 0.2) is 0 Å². The minimum atomic E-state index is 0.450. The number of halogens is 1. The number of rotatable bonds is 2. The Bertz CT molecular complexity index is 347. The summed E-state index contributed by atoms with van der Waals surface area (Å²) in [7, 11) is 0. The van der Waals surface area contributed by atoms with Crippen LogP contribution in [-0.4, -0.2) is 11.0 Å². The van der Waals surface area contributed by atoms with Crippen LogP contribution >= 0.6 is 11.6 Å². The Morgan fingerprint density at radius 3 is 2.81 bits per heavy atom. The van der Waals surface area contributed by atoms with Gasteiger partial charge in [-0.25, -0.2) is 4.98 Å². The maximum absolute atomic E-state index is 5.87. The number of hydrogen-bond acceptors (Lipinski definition) is 3. The molecule has 3 nitrogen and oxygen atoms in total. The average Bonchev–Trinajstić information content (AvgIpc) is 2.20. The van der Waals surface area contributed by atoms with E-state index in [2.05, 4.69) is 17.2 Å². The van der Waals surface area contributed by atoms with Crippen LogP contribution in [0.2, 0.25) is 5.15 Å². The molecule has 2 rings (SSSR count). The van der Waals surface area contributed by atoms with Gasteiger partial charge in [0.2, 0.25) is 0 Å². The highest BCUT2D eigenvalue weighted by Crippen LogP contribution is 2.27. The zero-order valence-electron chi connectivity index (χ0n) is 9.54. The first-order chi connectivity index (χ1) is 7.65. The molecule has 0 bridgehead atoms. The van der Waals surface area contributed by atoms with Crippen LogP contribution in [0, 0.1) is 5.92 Å². The normalized spacial score (nSPS) is 25.4. The van der Waals surface area contributed by atoms with Gasteiger partial charge in [0, 0.05) is 17.8 Å². The molecule has 0 spiro atoms. The van der Waals surface area contributed by atoms with Crippen LogP contribution in [0.15, 0.2) is 12.1 Å². The minimum absolute atomic E-state index is 0.450. The predicted molar refractivity (Wildman–Crippen MR) is 68.7 cm³/mol. The van der Waals surface area contributed by atoms with Crippen molar-refractivity contribution in [2.45, 2.75) is 38.6 Å². The molecule has 88 valence electrons. The summed E-state index contributed by atoms with van der Waals surface area (Å²) in [4.78, 5) is 4.24. The van der Waals surface area contributed by atoms with E-state index in [1.54, 1.807) is 6.07 Å². The maximum Gasteiger partial charge on any atom is 0.133 e. The minimum Gasteiger partial charge on any atom is -0.399 e. The Morgan fingerprint density at radius 2 is 2.12 bits per heavy atom. The third kappa shape index (κ3) is 2.79. The number of anilines is 2. The second-order valence-corrected chi connectivity index (χ2v) is 5.01. The first-order valence-electron chi connectivity index (χ1n) is 5.85. The van der Waals surface area contributed by atoms with Gasteiger partial charge in [-0.3, -0.25) is 0 Å². The maximum atomic E-state index is 5.87. The summed E-state index contributed by atoms with van der Waals surface area (Å²) < 4.78 is 0. The molecule has 2 unspecified atom stereocenters. The van der Waals surface area contributed by atoms with Crippen molar-refractivity contribution in [2.75, 3.05) is 11.1 Å². The summed E-state index contributed by atoms with van der Waals surface area (Å²) in [5, 5.41) is 3.89. The fraction of sp³-hybridized carbons (Fsp3) is 0.583. The number of pyridine rings is 1. The van der Waals surface area contributed by atoms with Crippen LogP contribution in [0.25, 0.3) is 0 Å². The Hall–Kier alpha value is -0.960. The predicted octanol–water partition coefficient (Wildman–Crippen LogP) is 3.31. The zero-order valence-corrected chi connectivity index (χ0v) is 10.3. The van der Waals surface area contributed by atoms with Gasteiger partial charge < -0.3 is 11.1 Å². The van der Waals surface area contributed by atoms with Gasteiger partial charge in [-0.2, -0.15) is 0 Å². The fourth-order valence-corrected chi connectivity index (χ4v) is 2.53. The summed E-state index contributed by atoms with van der Waals surface area (Å²) >= 11 is 5.87. The number of nitrogens with one attached hydrogen (secondary N) is 1. The first-order valence-corrected chi connectivity index (χ1v) is 6.22. The van der Waals surface area contributed by atoms with Crippen molar-refractivity contribution in [2.24, 2.45) is 5.92 Å². The molecule has 2 atom stereocenters. The van der Waals surface area contributed by atoms with Gasteiger partial charge in [-0.05, 0) is 24.8 Å². The molecule has 0 saturated heterocycles. The van der Waals surface area contributed by atoms with E-state index in [0.29, 0.717) is 22.8 Å². The van der Waals surface area contributed by atoms with Crippen molar-refractivity contribution in [3.63, 3.8) is 0 Å². The third-order valence-corrected chi connectivity index (χ3v) is 3.45. The second-order valence-electron chi connectivity index (χ2n) is 4.62. The largest absolute Gasteiger partial charge is 0.399 e. The summed E-state index contributed by atoms with van der Waals surface area (Å²) in [6.07, 6.45) is 5.12. The molecule has 1 aliphatic carbocycles. The molecule has 0 aromatic carbocycles. The van der Waals surface area contributed by atoms with Gasteiger partial charge in [0.05, 0.1) is 0 Å². The van der Waals surface area contributed by atoms with Crippen molar-refractivity contribution in [3.8, 4) is 0 Å². The van der Waals surface area contributed by atoms with Crippen LogP contribution < -0.4 is 11.1 Å². The van der Waals surface area contributed by atoms with Crippen molar-refractivity contribution < 1.29 is 0 Å². The standard InChI is InChI=1S/C12H18ClN3/c1-8-4-2-3-5-10(8)15-12-7-9(14)6-11(13)16-12/h6-8,10H,2-5H2,1H3,(H3,14,15,16). The lowest BCUT2D eigenvalue weighted by molar-refractivity contribution is 0.349. The summed E-state index contributed by atoms with van der Waals surface area (Å²) in [6.45, 7) is 2.28. The Labute approximate surface area is 101 Å². The summed E-state index contributed by atoms with van der Waals surface area (Å²) in [5.74, 6) is 1.49. The van der Waals surface area contributed by atoms with Gasteiger partial charge >= 0.3 is 0 Å². The molecule has 1 aromatic rings. The molecule has 1 fully saturated rings. The van der Waals surface area contributed by atoms with E-state index in [1.807, 2.05) is 6.07 Å². The van der Waals surface area contributed by atoms with Crippen LogP contribution in [0.4, 0.5) is 11.5 Å². The van der Waals surface area contributed by atoms with E-state index in [-0.39, 0.29) is 0 Å². The Morgan fingerprint density at radius 1 is 1.38 bits per heavy atom. The molecule has 3 N–H and O–H groups in total. The summed E-state index contributed by atoms with van der Waals surface area (Å²) in [6, 6.07) is 4.00. The lowest BCUT2D eigenvalue weighted by atomic mass is 9.86. The van der Waals surface area contributed by atoms with E-state index in [4.69, 9.17) is 17.3 Å². The smallest absolute Gasteiger partial charge is 0.133 e. The first kappa shape index (κ1) is 11.5. The van der Waals surface area contributed by atoms with E-state index in [1.165, 1.54) is 25.7 Å². The highest BCUT2D eigenvalue weighted by Gasteiger charge is 2.21. The quantitative estimate of drug-likeness (QED) is 0.779. The fourth-order valence-electron chi connectivity index (χ4n) is 2.31. The molecule has 16 heavy (non-hydrogen) atoms. The Kier molecular flexibility index (Phi) is 3.54. The second kappa shape index (κ2) is 4.91. The molecular formula is C12H18ClN3. The average molecular weight is 240 g/mol. The van der Waals surface area contributed by atoms with Gasteiger partial charge in [0.25, 0.3) is 0 Å². The van der Waals surface area contributed by atoms with Crippen LogP contribution in [0.1, 0.15) is 32.6 Å². The number of nitrogens with zero attached hydrogens (tertiary/aromatic N) is 1. The van der Waals surface area contributed by atoms with Crippen LogP contribution in [0.3, 0.4) is 0 Å². The molecule has 0 radical (unpaired) electrons. The SMILES string of the molecule is CC1CCCCC1Nc1cc(N)cc(Cl)n1. The van der Waals surface area contributed by atoms with E-state index >= 15 is 0 Å². The molecule has 1 heterocycles. The number of aromatic nitrogens is 1. The summed E-state index contributed by atoms with van der Waals surface area (Å²) in [5.41, 5.74) is 6.39. The van der Waals surface area contributed by atoms with Crippen molar-refractivity contribution >= 4 is 23.1 Å². The molecule has 1 aliphatic rings. The molecule has 1 aromatic heterocycles. The number of nitrogen functional groups attached to an aromatic ring is 1. The van der Waals surface area contributed by atoms with Gasteiger partial charge in [-0.1, -0.05) is 31.4 Å². The highest BCUT2D eigenvalue weighted by atomic mass is 35.5. The van der Waals surface area contributed by atoms with Crippen molar-refractivity contribution in [1.82, 2.24) is 4.98 Å². The molecular weight excluding hydrogens is 222 g/mol. The topological polar surface area (TPSA) is 50.9 Å². The molecule has 4 heteroatoms. The van der Waals surface area contributed by atoms with Crippen molar-refractivity contribution in [3.05, 3.63) is 17.3 Å². The molecule has 0 aliphatic heterocycles. The van der Waals surface area contributed by atoms with Gasteiger partial charge in [-0.15, -0.1) is 0 Å². The lowest BCUT2D eigenvalue weighted by Crippen LogP contribution is -2.30. The van der Waals surface area contributed by atoms with E-state index in [9.17, 15) is 0 Å². The zero-order chi connectivity index (χ0) is 11.5. The van der Waals surface area contributed by atoms with Gasteiger partial charge in [0.1, 0.15) is 11.0 Å². The number of nitrogens with two attached hydrogens (primary N) is 1. The van der Waals surface area contributed by atoms with Crippen molar-refractivity contribution in [1.29, 1.82) is 0 Å². The van der Waals surface area contributed by atoms with E-state index in [0.717, 1.165) is 5.82 Å². The van der Waals surface area contributed by atoms with E-state index < -0.39 is 0 Å². The third-order valence-electron chi connectivity index (χ3n) is 3.26. The van der Waals surface area contributed by atoms with Crippen LogP contribution in [-0.2, 0) is 0 Å².